The van der Waals surface area contributed by atoms with Crippen molar-refractivity contribution in [2.24, 2.45) is 0 Å². The van der Waals surface area contributed by atoms with E-state index in [0.717, 1.165) is 18.2 Å². The zero-order chi connectivity index (χ0) is 22.9. The summed E-state index contributed by atoms with van der Waals surface area (Å²) < 4.78 is 58.1. The lowest BCUT2D eigenvalue weighted by Gasteiger charge is -2.30. The SMILES string of the molecule is Cc1ccc(S(=O)(=O)N2CCCC(c3nc(-c4ccc(NS(C)(=O)=O)cc4)no3)C2)cc1. The maximum absolute atomic E-state index is 13.0. The first kappa shape index (κ1) is 22.4. The molecule has 1 aliphatic rings. The van der Waals surface area contributed by atoms with Gasteiger partial charge in [0.1, 0.15) is 0 Å². The predicted molar refractivity (Wildman–Crippen MR) is 120 cm³/mol. The van der Waals surface area contributed by atoms with Gasteiger partial charge < -0.3 is 4.52 Å². The highest BCUT2D eigenvalue weighted by molar-refractivity contribution is 7.92. The van der Waals surface area contributed by atoms with Crippen LogP contribution in [0.15, 0.2) is 57.9 Å². The van der Waals surface area contributed by atoms with E-state index in [-0.39, 0.29) is 17.4 Å². The molecule has 1 N–H and O–H groups in total. The van der Waals surface area contributed by atoms with Gasteiger partial charge in [-0.1, -0.05) is 22.9 Å². The van der Waals surface area contributed by atoms with Crippen molar-refractivity contribution < 1.29 is 21.4 Å². The number of aromatic nitrogens is 2. The van der Waals surface area contributed by atoms with Gasteiger partial charge in [-0.3, -0.25) is 4.72 Å². The lowest BCUT2D eigenvalue weighted by molar-refractivity contribution is 0.265. The van der Waals surface area contributed by atoms with Crippen LogP contribution >= 0.6 is 0 Å². The Kier molecular flexibility index (Phi) is 6.06. The van der Waals surface area contributed by atoms with E-state index in [1.165, 1.54) is 4.31 Å². The molecule has 2 aromatic carbocycles. The summed E-state index contributed by atoms with van der Waals surface area (Å²) in [6, 6.07) is 13.4. The number of rotatable bonds is 6. The average molecular weight is 477 g/mol. The van der Waals surface area contributed by atoms with E-state index in [0.29, 0.717) is 35.9 Å². The van der Waals surface area contributed by atoms with Crippen LogP contribution in [0, 0.1) is 6.92 Å². The second-order valence-corrected chi connectivity index (χ2v) is 11.6. The molecule has 32 heavy (non-hydrogen) atoms. The van der Waals surface area contributed by atoms with Crippen LogP contribution in [0.25, 0.3) is 11.4 Å². The molecule has 170 valence electrons. The number of aryl methyl sites for hydroxylation is 1. The number of anilines is 1. The van der Waals surface area contributed by atoms with Crippen LogP contribution in [0.4, 0.5) is 5.69 Å². The molecule has 3 aromatic rings. The van der Waals surface area contributed by atoms with Crippen molar-refractivity contribution >= 4 is 25.7 Å². The minimum absolute atomic E-state index is 0.198. The summed E-state index contributed by atoms with van der Waals surface area (Å²) in [5.74, 6) is 0.558. The molecule has 11 heteroatoms. The van der Waals surface area contributed by atoms with Crippen LogP contribution < -0.4 is 4.72 Å². The van der Waals surface area contributed by atoms with Gasteiger partial charge in [-0.25, -0.2) is 16.8 Å². The normalized spacial score (nSPS) is 17.9. The van der Waals surface area contributed by atoms with E-state index >= 15 is 0 Å². The molecule has 1 unspecified atom stereocenters. The van der Waals surface area contributed by atoms with Gasteiger partial charge in [-0.2, -0.15) is 9.29 Å². The largest absolute Gasteiger partial charge is 0.339 e. The number of hydrogen-bond donors (Lipinski definition) is 1. The lowest BCUT2D eigenvalue weighted by Crippen LogP contribution is -2.39. The highest BCUT2D eigenvalue weighted by atomic mass is 32.2. The Morgan fingerprint density at radius 2 is 1.72 bits per heavy atom. The summed E-state index contributed by atoms with van der Waals surface area (Å²) in [6.45, 7) is 2.63. The van der Waals surface area contributed by atoms with E-state index in [1.807, 2.05) is 6.92 Å². The predicted octanol–water partition coefficient (Wildman–Crippen LogP) is 2.98. The molecule has 1 atom stereocenters. The minimum atomic E-state index is -3.60. The second-order valence-electron chi connectivity index (χ2n) is 7.92. The van der Waals surface area contributed by atoms with E-state index in [1.54, 1.807) is 48.5 Å². The summed E-state index contributed by atoms with van der Waals surface area (Å²) in [7, 11) is -6.96. The number of piperidine rings is 1. The van der Waals surface area contributed by atoms with Crippen molar-refractivity contribution in [1.29, 1.82) is 0 Å². The summed E-state index contributed by atoms with van der Waals surface area (Å²) in [4.78, 5) is 4.75. The first-order chi connectivity index (χ1) is 15.1. The molecule has 0 saturated carbocycles. The van der Waals surface area contributed by atoms with Gasteiger partial charge in [0.05, 0.1) is 17.1 Å². The molecular weight excluding hydrogens is 452 g/mol. The van der Waals surface area contributed by atoms with Crippen molar-refractivity contribution in [2.75, 3.05) is 24.1 Å². The Bertz CT molecular complexity index is 1300. The molecule has 0 aliphatic carbocycles. The molecule has 0 bridgehead atoms. The van der Waals surface area contributed by atoms with Gasteiger partial charge in [-0.15, -0.1) is 0 Å². The van der Waals surface area contributed by atoms with Gasteiger partial charge >= 0.3 is 0 Å². The first-order valence-corrected chi connectivity index (χ1v) is 13.4. The fourth-order valence-corrected chi connectivity index (χ4v) is 5.73. The third-order valence-electron chi connectivity index (χ3n) is 5.28. The second kappa shape index (κ2) is 8.64. The van der Waals surface area contributed by atoms with Crippen LogP contribution in [0.2, 0.25) is 0 Å². The van der Waals surface area contributed by atoms with E-state index < -0.39 is 20.0 Å². The average Bonchev–Trinajstić information content (AvgIpc) is 3.24. The minimum Gasteiger partial charge on any atom is -0.339 e. The zero-order valence-electron chi connectivity index (χ0n) is 17.7. The Morgan fingerprint density at radius 1 is 1.03 bits per heavy atom. The number of nitrogens with zero attached hydrogens (tertiary/aromatic N) is 3. The Labute approximate surface area is 187 Å². The van der Waals surface area contributed by atoms with E-state index in [9.17, 15) is 16.8 Å². The Balaban J connectivity index is 1.50. The maximum atomic E-state index is 13.0. The van der Waals surface area contributed by atoms with E-state index in [4.69, 9.17) is 4.52 Å². The fraction of sp³-hybridized carbons (Fsp3) is 0.333. The number of sulfonamides is 2. The van der Waals surface area contributed by atoms with Gasteiger partial charge in [0, 0.05) is 24.3 Å². The molecule has 1 fully saturated rings. The van der Waals surface area contributed by atoms with Crippen molar-refractivity contribution in [3.05, 3.63) is 60.0 Å². The molecule has 1 aliphatic heterocycles. The molecule has 4 rings (SSSR count). The summed E-state index contributed by atoms with van der Waals surface area (Å²) >= 11 is 0. The first-order valence-electron chi connectivity index (χ1n) is 10.1. The van der Waals surface area contributed by atoms with Crippen molar-refractivity contribution in [3.8, 4) is 11.4 Å². The summed E-state index contributed by atoms with van der Waals surface area (Å²) in [6.07, 6.45) is 2.52. The smallest absolute Gasteiger partial charge is 0.243 e. The third kappa shape index (κ3) is 5.00. The molecule has 2 heterocycles. The van der Waals surface area contributed by atoms with Crippen molar-refractivity contribution in [3.63, 3.8) is 0 Å². The monoisotopic (exact) mass is 476 g/mol. The number of nitrogens with one attached hydrogen (secondary N) is 1. The van der Waals surface area contributed by atoms with Gasteiger partial charge in [0.2, 0.25) is 31.8 Å². The van der Waals surface area contributed by atoms with E-state index in [2.05, 4.69) is 14.9 Å². The van der Waals surface area contributed by atoms with Gasteiger partial charge in [0.25, 0.3) is 0 Å². The highest BCUT2D eigenvalue weighted by Crippen LogP contribution is 2.31. The lowest BCUT2D eigenvalue weighted by atomic mass is 10.00. The Hall–Kier alpha value is -2.76. The maximum Gasteiger partial charge on any atom is 0.243 e. The fourth-order valence-electron chi connectivity index (χ4n) is 3.64. The number of benzene rings is 2. The summed E-state index contributed by atoms with van der Waals surface area (Å²) in [5, 5.41) is 4.03. The molecule has 1 aromatic heterocycles. The van der Waals surface area contributed by atoms with Crippen LogP contribution in [-0.2, 0) is 20.0 Å². The standard InChI is InChI=1S/C21H24N4O5S2/c1-15-5-11-19(12-6-15)32(28,29)25-13-3-4-17(14-25)21-22-20(23-30-21)16-7-9-18(10-8-16)24-31(2,26)27/h5-12,17,24H,3-4,13-14H2,1-2H3. The van der Waals surface area contributed by atoms with Crippen molar-refractivity contribution in [2.45, 2.75) is 30.6 Å². The van der Waals surface area contributed by atoms with Crippen LogP contribution in [0.3, 0.4) is 0 Å². The Morgan fingerprint density at radius 3 is 2.38 bits per heavy atom. The molecule has 9 nitrogen and oxygen atoms in total. The van der Waals surface area contributed by atoms with Gasteiger partial charge in [0.15, 0.2) is 0 Å². The van der Waals surface area contributed by atoms with Crippen LogP contribution in [-0.4, -0.2) is 50.6 Å². The molecule has 0 spiro atoms. The highest BCUT2D eigenvalue weighted by Gasteiger charge is 2.33. The topological polar surface area (TPSA) is 122 Å². The van der Waals surface area contributed by atoms with Gasteiger partial charge in [-0.05, 0) is 56.2 Å². The van der Waals surface area contributed by atoms with Crippen LogP contribution in [0.1, 0.15) is 30.2 Å². The third-order valence-corrected chi connectivity index (χ3v) is 7.77. The zero-order valence-corrected chi connectivity index (χ0v) is 19.4. The quantitative estimate of drug-likeness (QED) is 0.580. The molecule has 0 amide bonds. The van der Waals surface area contributed by atoms with Crippen LogP contribution in [0.5, 0.6) is 0 Å². The number of hydrogen-bond acceptors (Lipinski definition) is 7. The molecule has 0 radical (unpaired) electrons. The molecule has 1 saturated heterocycles. The molecular formula is C21H24N4O5S2. The summed E-state index contributed by atoms with van der Waals surface area (Å²) in [5.41, 5.74) is 2.10. The van der Waals surface area contributed by atoms with Crippen molar-refractivity contribution in [1.82, 2.24) is 14.4 Å².